The molecule has 0 bridgehead atoms. The molecule has 1 fully saturated rings. The van der Waals surface area contributed by atoms with Crippen LogP contribution in [0.2, 0.25) is 0 Å². The van der Waals surface area contributed by atoms with E-state index in [4.69, 9.17) is 4.98 Å². The summed E-state index contributed by atoms with van der Waals surface area (Å²) >= 11 is 0. The van der Waals surface area contributed by atoms with Gasteiger partial charge in [0.25, 0.3) is 0 Å². The molecular formula is C21H23N2Y-. The molecule has 0 unspecified atom stereocenters. The van der Waals surface area contributed by atoms with Gasteiger partial charge in [0.1, 0.15) is 0 Å². The van der Waals surface area contributed by atoms with Gasteiger partial charge in [-0.25, -0.2) is 0 Å². The van der Waals surface area contributed by atoms with Crippen molar-refractivity contribution in [3.8, 4) is 0 Å². The van der Waals surface area contributed by atoms with Gasteiger partial charge >= 0.3 is 0 Å². The predicted molar refractivity (Wildman–Crippen MR) is 99.3 cm³/mol. The molecule has 0 N–H and O–H groups in total. The molecule has 24 heavy (non-hydrogen) atoms. The van der Waals surface area contributed by atoms with Gasteiger partial charge in [0.05, 0.1) is 5.69 Å². The summed E-state index contributed by atoms with van der Waals surface area (Å²) in [6.45, 7) is 5.88. The maximum absolute atomic E-state index is 4.70. The zero-order valence-corrected chi connectivity index (χ0v) is 17.3. The van der Waals surface area contributed by atoms with Crippen molar-refractivity contribution in [3.05, 3.63) is 75.9 Å². The van der Waals surface area contributed by atoms with Gasteiger partial charge in [0, 0.05) is 50.0 Å². The van der Waals surface area contributed by atoms with Crippen LogP contribution in [-0.2, 0) is 32.7 Å². The fraction of sp³-hybridized carbons (Fsp3) is 0.286. The first kappa shape index (κ1) is 19.2. The maximum atomic E-state index is 4.70. The summed E-state index contributed by atoms with van der Waals surface area (Å²) in [7, 11) is 0. The fourth-order valence-electron chi connectivity index (χ4n) is 3.21. The van der Waals surface area contributed by atoms with Gasteiger partial charge in [0.15, 0.2) is 0 Å². The van der Waals surface area contributed by atoms with Gasteiger partial charge in [-0.05, 0) is 17.2 Å². The average Bonchev–Trinajstić information content (AvgIpc) is 2.81. The molecule has 2 heterocycles. The van der Waals surface area contributed by atoms with Crippen LogP contribution in [0.25, 0.3) is 23.0 Å². The van der Waals surface area contributed by atoms with E-state index in [1.165, 1.54) is 27.8 Å². The molecule has 0 amide bonds. The molecule has 2 aliphatic rings. The average molecular weight is 392 g/mol. The van der Waals surface area contributed by atoms with E-state index in [-0.39, 0.29) is 32.7 Å². The molecule has 2 nitrogen and oxygen atoms in total. The van der Waals surface area contributed by atoms with Crippen LogP contribution < -0.4 is 0 Å². The van der Waals surface area contributed by atoms with Crippen molar-refractivity contribution in [2.24, 2.45) is 0 Å². The maximum Gasteiger partial charge on any atom is 0.0780 e. The van der Waals surface area contributed by atoms with Gasteiger partial charge < -0.3 is 5.32 Å². The minimum atomic E-state index is 0. The van der Waals surface area contributed by atoms with Crippen molar-refractivity contribution in [1.82, 2.24) is 4.98 Å². The summed E-state index contributed by atoms with van der Waals surface area (Å²) in [5, 5.41) is 4.49. The van der Waals surface area contributed by atoms with E-state index in [0.29, 0.717) is 0 Å². The molecule has 1 saturated heterocycles. The Kier molecular flexibility index (Phi) is 7.54. The molecule has 1 aromatic heterocycles. The Labute approximate surface area is 170 Å². The minimum absolute atomic E-state index is 0. The molecular weight excluding hydrogens is 369 g/mol. The van der Waals surface area contributed by atoms with Crippen molar-refractivity contribution in [1.29, 1.82) is 0 Å². The number of hydrogen-bond donors (Lipinski definition) is 0. The molecule has 3 heteroatoms. The molecule has 0 atom stereocenters. The summed E-state index contributed by atoms with van der Waals surface area (Å²) in [5.41, 5.74) is 7.75. The Morgan fingerprint density at radius 2 is 1.54 bits per heavy atom. The zero-order valence-electron chi connectivity index (χ0n) is 14.5. The summed E-state index contributed by atoms with van der Waals surface area (Å²) in [6, 6.07) is 12.8. The van der Waals surface area contributed by atoms with Crippen LogP contribution >= 0.6 is 0 Å². The Hall–Kier alpha value is -1.09. The summed E-state index contributed by atoms with van der Waals surface area (Å²) < 4.78 is 0. The summed E-state index contributed by atoms with van der Waals surface area (Å²) in [5.74, 6) is 0. The molecule has 1 aliphatic heterocycles. The topological polar surface area (TPSA) is 27.0 Å². The Morgan fingerprint density at radius 3 is 2.33 bits per heavy atom. The third kappa shape index (κ3) is 3.93. The minimum Gasteiger partial charge on any atom is -0.662 e. The number of aromatic nitrogens is 1. The number of fused-ring (bicyclic) bond motifs is 2. The number of pyridine rings is 1. The third-order valence-corrected chi connectivity index (χ3v) is 4.25. The van der Waals surface area contributed by atoms with E-state index in [9.17, 15) is 0 Å². The van der Waals surface area contributed by atoms with Crippen LogP contribution in [0, 0.1) is 0 Å². The molecule has 121 valence electrons. The normalized spacial score (nSPS) is 15.2. The zero-order chi connectivity index (χ0) is 16.1. The van der Waals surface area contributed by atoms with E-state index < -0.39 is 0 Å². The smallest absolute Gasteiger partial charge is 0.0780 e. The third-order valence-electron chi connectivity index (χ3n) is 4.25. The molecule has 0 saturated carbocycles. The fourth-order valence-corrected chi connectivity index (χ4v) is 3.21. The first-order valence-electron chi connectivity index (χ1n) is 8.51. The number of benzene rings is 1. The van der Waals surface area contributed by atoms with Crippen molar-refractivity contribution in [2.75, 3.05) is 13.1 Å². The second-order valence-electron chi connectivity index (χ2n) is 5.51. The van der Waals surface area contributed by atoms with Gasteiger partial charge in [0.2, 0.25) is 0 Å². The van der Waals surface area contributed by atoms with Gasteiger partial charge in [-0.2, -0.15) is 0 Å². The second kappa shape index (κ2) is 9.41. The Balaban J connectivity index is 0.000000670. The quantitative estimate of drug-likeness (QED) is 0.492. The standard InChI is InChI=1S/C19H17N2.C2H6.Y/c1-2-6-17-14(4-1)7-8-16-5-3-11-21-19(16)18(17)15-9-12-20-13-10-15;1-2;/h1-8,11H,9-10,12-13H2;1-2H3;/q-1;;. The molecule has 0 spiro atoms. The van der Waals surface area contributed by atoms with Crippen LogP contribution in [0.4, 0.5) is 0 Å². The SMILES string of the molecule is C1=Cc2cccnc2C(=C2CC[N-]CC2)c2ccccc21.CC.[Y]. The molecule has 2 aromatic rings. The van der Waals surface area contributed by atoms with Crippen molar-refractivity contribution >= 4 is 17.7 Å². The van der Waals surface area contributed by atoms with Crippen LogP contribution in [0.3, 0.4) is 0 Å². The van der Waals surface area contributed by atoms with Gasteiger partial charge in [-0.1, -0.05) is 74.7 Å². The molecule has 1 radical (unpaired) electrons. The van der Waals surface area contributed by atoms with Crippen LogP contribution in [0.1, 0.15) is 49.1 Å². The van der Waals surface area contributed by atoms with E-state index >= 15 is 0 Å². The van der Waals surface area contributed by atoms with Gasteiger partial charge in [-0.3, -0.25) is 4.98 Å². The first-order chi connectivity index (χ1) is 11.4. The predicted octanol–water partition coefficient (Wildman–Crippen LogP) is 5.56. The van der Waals surface area contributed by atoms with Gasteiger partial charge in [-0.15, -0.1) is 13.1 Å². The van der Waals surface area contributed by atoms with Crippen LogP contribution in [0.5, 0.6) is 0 Å². The molecule has 4 rings (SSSR count). The number of rotatable bonds is 0. The Bertz CT molecular complexity index is 688. The molecule has 1 aromatic carbocycles. The number of piperidine rings is 1. The van der Waals surface area contributed by atoms with Crippen LogP contribution in [0.15, 0.2) is 48.2 Å². The van der Waals surface area contributed by atoms with E-state index in [0.717, 1.165) is 31.6 Å². The second-order valence-corrected chi connectivity index (χ2v) is 5.51. The van der Waals surface area contributed by atoms with Crippen molar-refractivity contribution < 1.29 is 32.7 Å². The van der Waals surface area contributed by atoms with Crippen molar-refractivity contribution in [3.63, 3.8) is 0 Å². The summed E-state index contributed by atoms with van der Waals surface area (Å²) in [4.78, 5) is 4.70. The number of hydrogen-bond acceptors (Lipinski definition) is 1. The molecule has 1 aliphatic carbocycles. The summed E-state index contributed by atoms with van der Waals surface area (Å²) in [6.07, 6.45) is 8.40. The first-order valence-corrected chi connectivity index (χ1v) is 8.51. The largest absolute Gasteiger partial charge is 0.662 e. The van der Waals surface area contributed by atoms with E-state index in [2.05, 4.69) is 47.8 Å². The van der Waals surface area contributed by atoms with Crippen LogP contribution in [-0.4, -0.2) is 18.1 Å². The Morgan fingerprint density at radius 1 is 0.875 bits per heavy atom. The van der Waals surface area contributed by atoms with E-state index in [1.54, 1.807) is 0 Å². The number of nitrogens with zero attached hydrogens (tertiary/aromatic N) is 2. The van der Waals surface area contributed by atoms with Crippen molar-refractivity contribution in [2.45, 2.75) is 26.7 Å². The monoisotopic (exact) mass is 392 g/mol. The van der Waals surface area contributed by atoms with E-state index in [1.807, 2.05) is 26.1 Å².